The van der Waals surface area contributed by atoms with Crippen LogP contribution in [0.5, 0.6) is 0 Å². The lowest BCUT2D eigenvalue weighted by atomic mass is 10.2. The predicted octanol–water partition coefficient (Wildman–Crippen LogP) is 2.40. The number of rotatable bonds is 5. The van der Waals surface area contributed by atoms with Crippen LogP contribution in [0, 0.1) is 11.3 Å². The Labute approximate surface area is 90.7 Å². The van der Waals surface area contributed by atoms with Crippen molar-refractivity contribution in [2.75, 3.05) is 19.0 Å². The van der Waals surface area contributed by atoms with Gasteiger partial charge in [-0.1, -0.05) is 13.0 Å². The summed E-state index contributed by atoms with van der Waals surface area (Å²) in [7, 11) is 1.69. The van der Waals surface area contributed by atoms with Crippen LogP contribution in [0.2, 0.25) is 0 Å². The minimum absolute atomic E-state index is 0.295. The first-order chi connectivity index (χ1) is 7.30. The van der Waals surface area contributed by atoms with Crippen molar-refractivity contribution in [1.29, 1.82) is 5.26 Å². The van der Waals surface area contributed by atoms with E-state index < -0.39 is 0 Å². The highest BCUT2D eigenvalue weighted by Crippen LogP contribution is 2.12. The third kappa shape index (κ3) is 3.61. The van der Waals surface area contributed by atoms with E-state index in [9.17, 15) is 0 Å². The van der Waals surface area contributed by atoms with Crippen LogP contribution in [-0.2, 0) is 4.74 Å². The topological polar surface area (TPSA) is 45.0 Å². The smallest absolute Gasteiger partial charge is 0.0992 e. The number of ether oxygens (including phenoxy) is 1. The molecule has 0 spiro atoms. The molecule has 1 unspecified atom stereocenters. The van der Waals surface area contributed by atoms with Crippen molar-refractivity contribution in [2.24, 2.45) is 0 Å². The largest absolute Gasteiger partial charge is 0.383 e. The van der Waals surface area contributed by atoms with Crippen LogP contribution in [0.1, 0.15) is 18.9 Å². The molecule has 0 saturated heterocycles. The average molecular weight is 204 g/mol. The number of nitriles is 1. The summed E-state index contributed by atoms with van der Waals surface area (Å²) < 4.78 is 5.10. The molecule has 1 N–H and O–H groups in total. The van der Waals surface area contributed by atoms with E-state index in [-0.39, 0.29) is 0 Å². The zero-order valence-corrected chi connectivity index (χ0v) is 9.16. The van der Waals surface area contributed by atoms with Crippen LogP contribution in [0.4, 0.5) is 5.69 Å². The van der Waals surface area contributed by atoms with Crippen molar-refractivity contribution >= 4 is 5.69 Å². The zero-order valence-electron chi connectivity index (χ0n) is 9.16. The maximum Gasteiger partial charge on any atom is 0.0992 e. The Morgan fingerprint density at radius 2 is 2.33 bits per heavy atom. The monoisotopic (exact) mass is 204 g/mol. The number of hydrogen-bond donors (Lipinski definition) is 1. The second-order valence-electron chi connectivity index (χ2n) is 3.40. The van der Waals surface area contributed by atoms with Gasteiger partial charge in [0.1, 0.15) is 0 Å². The van der Waals surface area contributed by atoms with Gasteiger partial charge in [0.15, 0.2) is 0 Å². The molecule has 3 nitrogen and oxygen atoms in total. The van der Waals surface area contributed by atoms with Gasteiger partial charge < -0.3 is 10.1 Å². The molecule has 0 aromatic heterocycles. The molecule has 3 heteroatoms. The summed E-state index contributed by atoms with van der Waals surface area (Å²) >= 11 is 0. The van der Waals surface area contributed by atoms with Crippen molar-refractivity contribution < 1.29 is 4.74 Å². The van der Waals surface area contributed by atoms with Crippen molar-refractivity contribution in [3.63, 3.8) is 0 Å². The molecule has 1 rings (SSSR count). The quantitative estimate of drug-likeness (QED) is 0.801. The van der Waals surface area contributed by atoms with E-state index in [1.165, 1.54) is 0 Å². The second-order valence-corrected chi connectivity index (χ2v) is 3.40. The summed E-state index contributed by atoms with van der Waals surface area (Å²) in [5, 5.41) is 12.1. The average Bonchev–Trinajstić information content (AvgIpc) is 2.29. The summed E-state index contributed by atoms with van der Waals surface area (Å²) in [4.78, 5) is 0. The van der Waals surface area contributed by atoms with Crippen LogP contribution in [0.3, 0.4) is 0 Å². The molecule has 0 fully saturated rings. The summed E-state index contributed by atoms with van der Waals surface area (Å²) in [6.07, 6.45) is 0.991. The molecule has 0 aliphatic rings. The van der Waals surface area contributed by atoms with Gasteiger partial charge in [-0.2, -0.15) is 5.26 Å². The van der Waals surface area contributed by atoms with Crippen LogP contribution in [-0.4, -0.2) is 19.8 Å². The molecule has 0 heterocycles. The molecular formula is C12H16N2O. The van der Waals surface area contributed by atoms with Crippen LogP contribution in [0.15, 0.2) is 24.3 Å². The highest BCUT2D eigenvalue weighted by atomic mass is 16.5. The molecule has 0 aliphatic carbocycles. The lowest BCUT2D eigenvalue weighted by molar-refractivity contribution is 0.184. The highest BCUT2D eigenvalue weighted by Gasteiger charge is 2.05. The van der Waals surface area contributed by atoms with Crippen molar-refractivity contribution in [3.8, 4) is 6.07 Å². The van der Waals surface area contributed by atoms with Gasteiger partial charge in [-0.25, -0.2) is 0 Å². The number of nitrogens with zero attached hydrogens (tertiary/aromatic N) is 1. The van der Waals surface area contributed by atoms with Gasteiger partial charge in [0.2, 0.25) is 0 Å². The molecular weight excluding hydrogens is 188 g/mol. The standard InChI is InChI=1S/C12H16N2O/c1-3-11(9-15-2)14-12-6-4-5-10(7-12)8-13/h4-7,11,14H,3,9H2,1-2H3. The number of anilines is 1. The Morgan fingerprint density at radius 3 is 2.93 bits per heavy atom. The van der Waals surface area contributed by atoms with Crippen molar-refractivity contribution in [3.05, 3.63) is 29.8 Å². The van der Waals surface area contributed by atoms with Crippen molar-refractivity contribution in [1.82, 2.24) is 0 Å². The fourth-order valence-corrected chi connectivity index (χ4v) is 1.38. The molecule has 15 heavy (non-hydrogen) atoms. The number of benzene rings is 1. The SMILES string of the molecule is CCC(COC)Nc1cccc(C#N)c1. The van der Waals surface area contributed by atoms with Gasteiger partial charge in [-0.3, -0.25) is 0 Å². The Kier molecular flexibility index (Phi) is 4.65. The fraction of sp³-hybridized carbons (Fsp3) is 0.417. The Hall–Kier alpha value is -1.53. The third-order valence-electron chi connectivity index (χ3n) is 2.22. The van der Waals surface area contributed by atoms with Gasteiger partial charge in [0.25, 0.3) is 0 Å². The van der Waals surface area contributed by atoms with E-state index in [2.05, 4.69) is 18.3 Å². The van der Waals surface area contributed by atoms with E-state index in [1.54, 1.807) is 13.2 Å². The maximum absolute atomic E-state index is 8.75. The molecule has 1 aromatic carbocycles. The summed E-state index contributed by atoms with van der Waals surface area (Å²) in [6.45, 7) is 2.78. The maximum atomic E-state index is 8.75. The second kappa shape index (κ2) is 6.05. The first-order valence-electron chi connectivity index (χ1n) is 5.05. The summed E-state index contributed by atoms with van der Waals surface area (Å²) in [5.74, 6) is 0. The highest BCUT2D eigenvalue weighted by molar-refractivity contribution is 5.49. The van der Waals surface area contributed by atoms with Gasteiger partial charge in [-0.15, -0.1) is 0 Å². The van der Waals surface area contributed by atoms with E-state index in [0.29, 0.717) is 18.2 Å². The zero-order chi connectivity index (χ0) is 11.1. The molecule has 0 bridgehead atoms. The first kappa shape index (κ1) is 11.5. The molecule has 0 radical (unpaired) electrons. The Balaban J connectivity index is 2.66. The van der Waals surface area contributed by atoms with Crippen LogP contribution >= 0.6 is 0 Å². The summed E-state index contributed by atoms with van der Waals surface area (Å²) in [6, 6.07) is 9.89. The molecule has 80 valence electrons. The number of methoxy groups -OCH3 is 1. The molecule has 0 aliphatic heterocycles. The molecule has 1 atom stereocenters. The third-order valence-corrected chi connectivity index (χ3v) is 2.22. The Morgan fingerprint density at radius 1 is 1.53 bits per heavy atom. The first-order valence-corrected chi connectivity index (χ1v) is 5.05. The fourth-order valence-electron chi connectivity index (χ4n) is 1.38. The predicted molar refractivity (Wildman–Crippen MR) is 60.7 cm³/mol. The van der Waals surface area contributed by atoms with Gasteiger partial charge in [0.05, 0.1) is 18.2 Å². The van der Waals surface area contributed by atoms with Gasteiger partial charge in [-0.05, 0) is 24.6 Å². The van der Waals surface area contributed by atoms with E-state index in [1.807, 2.05) is 18.2 Å². The Bertz CT molecular complexity index is 344. The minimum atomic E-state index is 0.295. The van der Waals surface area contributed by atoms with Gasteiger partial charge >= 0.3 is 0 Å². The van der Waals surface area contributed by atoms with Crippen molar-refractivity contribution in [2.45, 2.75) is 19.4 Å². The van der Waals surface area contributed by atoms with E-state index in [0.717, 1.165) is 12.1 Å². The van der Waals surface area contributed by atoms with E-state index in [4.69, 9.17) is 10.00 Å². The molecule has 0 saturated carbocycles. The minimum Gasteiger partial charge on any atom is -0.383 e. The van der Waals surface area contributed by atoms with E-state index >= 15 is 0 Å². The lowest BCUT2D eigenvalue weighted by Crippen LogP contribution is -2.23. The van der Waals surface area contributed by atoms with Crippen LogP contribution in [0.25, 0.3) is 0 Å². The van der Waals surface area contributed by atoms with Gasteiger partial charge in [0, 0.05) is 18.8 Å². The lowest BCUT2D eigenvalue weighted by Gasteiger charge is -2.17. The number of hydrogen-bond acceptors (Lipinski definition) is 3. The molecule has 1 aromatic rings. The van der Waals surface area contributed by atoms with Crippen LogP contribution < -0.4 is 5.32 Å². The summed E-state index contributed by atoms with van der Waals surface area (Å²) in [5.41, 5.74) is 1.64. The molecule has 0 amide bonds. The normalized spacial score (nSPS) is 11.8. The number of nitrogens with one attached hydrogen (secondary N) is 1.